The largest absolute Gasteiger partial charge is 0.508 e. The number of benzene rings is 1. The number of phenolic OH excluding ortho intramolecular Hbond substituents is 1. The number of halogens is 1. The summed E-state index contributed by atoms with van der Waals surface area (Å²) in [6.07, 6.45) is 5.21. The Morgan fingerprint density at radius 2 is 1.95 bits per heavy atom. The second kappa shape index (κ2) is 6.46. The van der Waals surface area contributed by atoms with Gasteiger partial charge in [-0.25, -0.2) is 0 Å². The van der Waals surface area contributed by atoms with Crippen molar-refractivity contribution in [3.8, 4) is 5.75 Å². The third kappa shape index (κ3) is 3.74. The van der Waals surface area contributed by atoms with E-state index in [1.165, 1.54) is 32.2 Å². The normalized spacial score (nSPS) is 20.5. The molecule has 3 nitrogen and oxygen atoms in total. The summed E-state index contributed by atoms with van der Waals surface area (Å²) >= 11 is 3.50. The van der Waals surface area contributed by atoms with Crippen LogP contribution in [0.15, 0.2) is 22.7 Å². The lowest BCUT2D eigenvalue weighted by Gasteiger charge is -2.30. The number of hydrogen-bond donors (Lipinski definition) is 2. The van der Waals surface area contributed by atoms with Crippen LogP contribution in [0, 0.1) is 5.92 Å². The molecule has 3 rings (SSSR count). The lowest BCUT2D eigenvalue weighted by Crippen LogP contribution is -2.37. The SMILES string of the molecule is Oc1ccc(Br)cc1CN(CC1CCNCC1)C1CC1. The van der Waals surface area contributed by atoms with Gasteiger partial charge in [-0.2, -0.15) is 0 Å². The maximum atomic E-state index is 10.0. The van der Waals surface area contributed by atoms with E-state index < -0.39 is 0 Å². The first-order valence-corrected chi connectivity index (χ1v) is 8.44. The average molecular weight is 339 g/mol. The molecule has 0 amide bonds. The molecule has 1 aromatic rings. The van der Waals surface area contributed by atoms with Crippen molar-refractivity contribution < 1.29 is 5.11 Å². The fraction of sp³-hybridized carbons (Fsp3) is 0.625. The van der Waals surface area contributed by atoms with E-state index in [-0.39, 0.29) is 0 Å². The van der Waals surface area contributed by atoms with E-state index in [4.69, 9.17) is 0 Å². The summed E-state index contributed by atoms with van der Waals surface area (Å²) in [4.78, 5) is 2.58. The van der Waals surface area contributed by atoms with Gasteiger partial charge in [-0.3, -0.25) is 4.90 Å². The van der Waals surface area contributed by atoms with Crippen molar-refractivity contribution in [1.29, 1.82) is 0 Å². The number of phenols is 1. The minimum atomic E-state index is 0.421. The zero-order chi connectivity index (χ0) is 13.9. The van der Waals surface area contributed by atoms with Crippen LogP contribution in [-0.2, 0) is 6.54 Å². The molecule has 1 aromatic carbocycles. The highest BCUT2D eigenvalue weighted by atomic mass is 79.9. The molecule has 2 aliphatic rings. The molecule has 0 radical (unpaired) electrons. The molecule has 0 bridgehead atoms. The first kappa shape index (κ1) is 14.4. The van der Waals surface area contributed by atoms with Crippen molar-refractivity contribution in [3.05, 3.63) is 28.2 Å². The summed E-state index contributed by atoms with van der Waals surface area (Å²) in [7, 11) is 0. The molecular weight excluding hydrogens is 316 g/mol. The number of hydrogen-bond acceptors (Lipinski definition) is 3. The molecular formula is C16H23BrN2O. The number of nitrogens with zero attached hydrogens (tertiary/aromatic N) is 1. The van der Waals surface area contributed by atoms with Gasteiger partial charge in [0.15, 0.2) is 0 Å². The molecule has 1 saturated carbocycles. The maximum Gasteiger partial charge on any atom is 0.120 e. The number of rotatable bonds is 5. The molecule has 1 heterocycles. The van der Waals surface area contributed by atoms with Crippen LogP contribution in [0.2, 0.25) is 0 Å². The van der Waals surface area contributed by atoms with Crippen LogP contribution in [0.1, 0.15) is 31.2 Å². The van der Waals surface area contributed by atoms with Crippen molar-refractivity contribution >= 4 is 15.9 Å². The Bertz CT molecular complexity index is 456. The molecule has 0 aromatic heterocycles. The highest BCUT2D eigenvalue weighted by molar-refractivity contribution is 9.10. The molecule has 1 saturated heterocycles. The third-order valence-electron chi connectivity index (χ3n) is 4.43. The molecule has 1 aliphatic heterocycles. The maximum absolute atomic E-state index is 10.0. The standard InChI is InChI=1S/C16H23BrN2O/c17-14-1-4-16(20)13(9-14)11-19(15-2-3-15)10-12-5-7-18-8-6-12/h1,4,9,12,15,18,20H,2-3,5-8,10-11H2. The van der Waals surface area contributed by atoms with E-state index in [2.05, 4.69) is 26.1 Å². The Morgan fingerprint density at radius 3 is 2.65 bits per heavy atom. The molecule has 110 valence electrons. The second-order valence-electron chi connectivity index (χ2n) is 6.13. The van der Waals surface area contributed by atoms with Crippen LogP contribution in [0.5, 0.6) is 5.75 Å². The van der Waals surface area contributed by atoms with Gasteiger partial charge in [-0.05, 0) is 62.9 Å². The predicted octanol–water partition coefficient (Wildman–Crippen LogP) is 3.12. The monoisotopic (exact) mass is 338 g/mol. The first-order valence-electron chi connectivity index (χ1n) is 7.64. The topological polar surface area (TPSA) is 35.5 Å². The number of aromatic hydroxyl groups is 1. The van der Waals surface area contributed by atoms with E-state index in [1.807, 2.05) is 12.1 Å². The fourth-order valence-electron chi connectivity index (χ4n) is 3.08. The van der Waals surface area contributed by atoms with Gasteiger partial charge in [-0.1, -0.05) is 15.9 Å². The van der Waals surface area contributed by atoms with Crippen LogP contribution in [-0.4, -0.2) is 35.7 Å². The van der Waals surface area contributed by atoms with Gasteiger partial charge in [-0.15, -0.1) is 0 Å². The van der Waals surface area contributed by atoms with Crippen molar-refractivity contribution in [3.63, 3.8) is 0 Å². The molecule has 1 aliphatic carbocycles. The zero-order valence-corrected chi connectivity index (χ0v) is 13.4. The number of piperidine rings is 1. The van der Waals surface area contributed by atoms with E-state index in [0.29, 0.717) is 5.75 Å². The Labute approximate surface area is 129 Å². The molecule has 0 unspecified atom stereocenters. The number of nitrogens with one attached hydrogen (secondary N) is 1. The van der Waals surface area contributed by atoms with Crippen LogP contribution in [0.4, 0.5) is 0 Å². The fourth-order valence-corrected chi connectivity index (χ4v) is 3.49. The first-order chi connectivity index (χ1) is 9.72. The van der Waals surface area contributed by atoms with Crippen molar-refractivity contribution in [1.82, 2.24) is 10.2 Å². The van der Waals surface area contributed by atoms with Crippen LogP contribution in [0.3, 0.4) is 0 Å². The third-order valence-corrected chi connectivity index (χ3v) is 4.92. The van der Waals surface area contributed by atoms with Gasteiger partial charge >= 0.3 is 0 Å². The summed E-state index contributed by atoms with van der Waals surface area (Å²) in [5.74, 6) is 1.23. The van der Waals surface area contributed by atoms with Crippen LogP contribution in [0.25, 0.3) is 0 Å². The quantitative estimate of drug-likeness (QED) is 0.865. The lowest BCUT2D eigenvalue weighted by molar-refractivity contribution is 0.188. The summed E-state index contributed by atoms with van der Waals surface area (Å²) in [5, 5.41) is 13.5. The van der Waals surface area contributed by atoms with Gasteiger partial charge in [0.25, 0.3) is 0 Å². The minimum Gasteiger partial charge on any atom is -0.508 e. The molecule has 20 heavy (non-hydrogen) atoms. The molecule has 0 spiro atoms. The predicted molar refractivity (Wildman–Crippen MR) is 84.8 cm³/mol. The highest BCUT2D eigenvalue weighted by Gasteiger charge is 2.31. The van der Waals surface area contributed by atoms with E-state index >= 15 is 0 Å². The average Bonchev–Trinajstić information content (AvgIpc) is 3.28. The van der Waals surface area contributed by atoms with Crippen LogP contribution < -0.4 is 5.32 Å². The van der Waals surface area contributed by atoms with Gasteiger partial charge in [0.05, 0.1) is 0 Å². The summed E-state index contributed by atoms with van der Waals surface area (Å²) in [6.45, 7) is 4.37. The summed E-state index contributed by atoms with van der Waals surface area (Å²) in [5.41, 5.74) is 1.04. The van der Waals surface area contributed by atoms with Crippen molar-refractivity contribution in [2.45, 2.75) is 38.3 Å². The Kier molecular flexibility index (Phi) is 4.64. The summed E-state index contributed by atoms with van der Waals surface area (Å²) in [6, 6.07) is 6.47. The Hall–Kier alpha value is -0.580. The lowest BCUT2D eigenvalue weighted by atomic mass is 9.97. The summed E-state index contributed by atoms with van der Waals surface area (Å²) < 4.78 is 1.04. The molecule has 2 fully saturated rings. The Morgan fingerprint density at radius 1 is 1.20 bits per heavy atom. The molecule has 0 atom stereocenters. The van der Waals surface area contributed by atoms with Gasteiger partial charge in [0.2, 0.25) is 0 Å². The van der Waals surface area contributed by atoms with Crippen molar-refractivity contribution in [2.75, 3.05) is 19.6 Å². The van der Waals surface area contributed by atoms with Crippen molar-refractivity contribution in [2.24, 2.45) is 5.92 Å². The smallest absolute Gasteiger partial charge is 0.120 e. The van der Waals surface area contributed by atoms with E-state index in [1.54, 1.807) is 6.07 Å². The Balaban J connectivity index is 1.66. The highest BCUT2D eigenvalue weighted by Crippen LogP contribution is 2.32. The van der Waals surface area contributed by atoms with Crippen LogP contribution >= 0.6 is 15.9 Å². The molecule has 2 N–H and O–H groups in total. The second-order valence-corrected chi connectivity index (χ2v) is 7.04. The van der Waals surface area contributed by atoms with Gasteiger partial charge < -0.3 is 10.4 Å². The van der Waals surface area contributed by atoms with Gasteiger partial charge in [0, 0.05) is 29.2 Å². The minimum absolute atomic E-state index is 0.421. The zero-order valence-electron chi connectivity index (χ0n) is 11.8. The van der Waals surface area contributed by atoms with Gasteiger partial charge in [0.1, 0.15) is 5.75 Å². The van der Waals surface area contributed by atoms with E-state index in [0.717, 1.165) is 41.6 Å². The van der Waals surface area contributed by atoms with E-state index in [9.17, 15) is 5.11 Å². The molecule has 4 heteroatoms.